The van der Waals surface area contributed by atoms with E-state index in [1.807, 2.05) is 27.7 Å². The molecule has 0 amide bonds. The second-order valence-electron chi connectivity index (χ2n) is 13.2. The van der Waals surface area contributed by atoms with E-state index in [2.05, 4.69) is 103 Å². The van der Waals surface area contributed by atoms with E-state index in [4.69, 9.17) is 0 Å². The maximum absolute atomic E-state index is 2.78. The Kier molecular flexibility index (Phi) is 16.2. The Morgan fingerprint density at radius 1 is 0.775 bits per heavy atom. The van der Waals surface area contributed by atoms with Gasteiger partial charge in [0.1, 0.15) is 0 Å². The molecule has 4 rings (SSSR count). The van der Waals surface area contributed by atoms with Crippen LogP contribution < -0.4 is 0 Å². The molecule has 0 aromatic heterocycles. The topological polar surface area (TPSA) is 3.24 Å². The molecule has 1 aromatic carbocycles. The Morgan fingerprint density at radius 2 is 1.30 bits per heavy atom. The Morgan fingerprint density at radius 3 is 1.75 bits per heavy atom. The summed E-state index contributed by atoms with van der Waals surface area (Å²) in [5, 5.41) is 2.50. The van der Waals surface area contributed by atoms with Gasteiger partial charge < -0.3 is 0 Å². The van der Waals surface area contributed by atoms with Gasteiger partial charge in [-0.15, -0.1) is 11.8 Å². The van der Waals surface area contributed by atoms with Gasteiger partial charge in [0, 0.05) is 5.92 Å². The highest BCUT2D eigenvalue weighted by atomic mass is 32.2. The highest BCUT2D eigenvalue weighted by Gasteiger charge is 2.62. The van der Waals surface area contributed by atoms with E-state index >= 15 is 0 Å². The van der Waals surface area contributed by atoms with Crippen molar-refractivity contribution in [1.82, 2.24) is 4.90 Å². The first kappa shape index (κ1) is 37.3. The molecule has 40 heavy (non-hydrogen) atoms. The zero-order valence-corrected chi connectivity index (χ0v) is 30.1. The molecule has 1 saturated carbocycles. The van der Waals surface area contributed by atoms with Gasteiger partial charge in [0.15, 0.2) is 0 Å². The van der Waals surface area contributed by atoms with E-state index < -0.39 is 0 Å². The van der Waals surface area contributed by atoms with Crippen molar-refractivity contribution in [2.75, 3.05) is 13.1 Å². The smallest absolute Gasteiger partial charge is 0.0788 e. The summed E-state index contributed by atoms with van der Waals surface area (Å²) in [4.78, 5) is 3.16. The quantitative estimate of drug-likeness (QED) is 0.260. The van der Waals surface area contributed by atoms with E-state index in [0.717, 1.165) is 11.8 Å². The Hall–Kier alpha value is -0.730. The third-order valence-electron chi connectivity index (χ3n) is 9.33. The highest BCUT2D eigenvalue weighted by molar-refractivity contribution is 8.04. The van der Waals surface area contributed by atoms with Crippen molar-refractivity contribution in [3.63, 3.8) is 0 Å². The largest absolute Gasteiger partial charge is 0.288 e. The van der Waals surface area contributed by atoms with Crippen LogP contribution in [0, 0.1) is 11.8 Å². The average molecular weight is 572 g/mol. The van der Waals surface area contributed by atoms with Crippen molar-refractivity contribution in [3.05, 3.63) is 40.3 Å². The number of thioether (sulfide) groups is 1. The Bertz CT molecular complexity index is 869. The average Bonchev–Trinajstić information content (AvgIpc) is 3.58. The van der Waals surface area contributed by atoms with Crippen LogP contribution in [0.5, 0.6) is 0 Å². The normalized spacial score (nSPS) is 23.0. The molecule has 1 heterocycles. The molecule has 232 valence electrons. The molecule has 0 bridgehead atoms. The molecule has 0 radical (unpaired) electrons. The first-order valence-corrected chi connectivity index (χ1v) is 18.3. The van der Waals surface area contributed by atoms with Gasteiger partial charge in [0.05, 0.1) is 4.87 Å². The van der Waals surface area contributed by atoms with Crippen molar-refractivity contribution in [2.45, 2.75) is 170 Å². The van der Waals surface area contributed by atoms with Crippen LogP contribution in [-0.2, 0) is 10.8 Å². The van der Waals surface area contributed by atoms with Gasteiger partial charge in [0.2, 0.25) is 0 Å². The summed E-state index contributed by atoms with van der Waals surface area (Å²) in [7, 11) is 0. The van der Waals surface area contributed by atoms with E-state index in [1.54, 1.807) is 16.7 Å². The molecular formula is C38H69NS. The lowest BCUT2D eigenvalue weighted by Crippen LogP contribution is -2.36. The summed E-state index contributed by atoms with van der Waals surface area (Å²) in [6, 6.07) is 7.43. The SMILES string of the molecule is CC.CC.CCCC(CC)CCC.CCCN(CCC)C12CC1C(c1ccc3c(c1)C(C)(C)CCC3(C)C)=CS2. The minimum atomic E-state index is 0.296. The molecule has 0 saturated heterocycles. The molecule has 2 heteroatoms. The number of hydrogen-bond acceptors (Lipinski definition) is 2. The molecule has 0 spiro atoms. The van der Waals surface area contributed by atoms with Crippen LogP contribution in [0.4, 0.5) is 0 Å². The fourth-order valence-electron chi connectivity index (χ4n) is 6.83. The van der Waals surface area contributed by atoms with Gasteiger partial charge in [-0.25, -0.2) is 0 Å². The van der Waals surface area contributed by atoms with Gasteiger partial charge in [-0.3, -0.25) is 4.90 Å². The maximum Gasteiger partial charge on any atom is 0.0788 e. The lowest BCUT2D eigenvalue weighted by molar-refractivity contribution is 0.238. The summed E-state index contributed by atoms with van der Waals surface area (Å²) < 4.78 is 0. The minimum absolute atomic E-state index is 0.296. The van der Waals surface area contributed by atoms with Crippen molar-refractivity contribution >= 4 is 17.3 Å². The van der Waals surface area contributed by atoms with Crippen molar-refractivity contribution in [3.8, 4) is 0 Å². The van der Waals surface area contributed by atoms with Crippen LogP contribution >= 0.6 is 11.8 Å². The van der Waals surface area contributed by atoms with E-state index in [0.29, 0.717) is 15.7 Å². The van der Waals surface area contributed by atoms with Crippen LogP contribution in [0.15, 0.2) is 23.6 Å². The predicted molar refractivity (Wildman–Crippen MR) is 187 cm³/mol. The van der Waals surface area contributed by atoms with E-state index in [-0.39, 0.29) is 0 Å². The highest BCUT2D eigenvalue weighted by Crippen LogP contribution is 2.67. The van der Waals surface area contributed by atoms with Gasteiger partial charge in [-0.05, 0) is 89.6 Å². The summed E-state index contributed by atoms with van der Waals surface area (Å²) in [6.07, 6.45) is 13.4. The minimum Gasteiger partial charge on any atom is -0.288 e. The van der Waals surface area contributed by atoms with Crippen LogP contribution in [0.2, 0.25) is 0 Å². The van der Waals surface area contributed by atoms with Crippen LogP contribution in [-0.4, -0.2) is 22.9 Å². The molecule has 1 nitrogen and oxygen atoms in total. The fraction of sp³-hybridized carbons (Fsp3) is 0.789. The third kappa shape index (κ3) is 8.89. The number of rotatable bonds is 11. The predicted octanol–water partition coefficient (Wildman–Crippen LogP) is 12.6. The lowest BCUT2D eigenvalue weighted by atomic mass is 9.63. The Balaban J connectivity index is 0.000000524. The van der Waals surface area contributed by atoms with Gasteiger partial charge in [0.25, 0.3) is 0 Å². The number of hydrogen-bond donors (Lipinski definition) is 0. The summed E-state index contributed by atoms with van der Waals surface area (Å²) >= 11 is 2.11. The molecule has 1 aliphatic heterocycles. The monoisotopic (exact) mass is 572 g/mol. The third-order valence-corrected chi connectivity index (χ3v) is 10.8. The number of fused-ring (bicyclic) bond motifs is 2. The molecule has 3 aliphatic rings. The van der Waals surface area contributed by atoms with E-state index in [1.165, 1.54) is 82.9 Å². The zero-order valence-electron chi connectivity index (χ0n) is 29.3. The molecule has 1 aromatic rings. The number of benzene rings is 1. The van der Waals surface area contributed by atoms with Crippen molar-refractivity contribution in [2.24, 2.45) is 11.8 Å². The van der Waals surface area contributed by atoms with Crippen molar-refractivity contribution < 1.29 is 0 Å². The van der Waals surface area contributed by atoms with Crippen LogP contribution in [0.25, 0.3) is 5.57 Å². The van der Waals surface area contributed by atoms with Gasteiger partial charge >= 0.3 is 0 Å². The molecule has 2 aliphatic carbocycles. The zero-order chi connectivity index (χ0) is 30.6. The van der Waals surface area contributed by atoms with Crippen LogP contribution in [0.1, 0.15) is 171 Å². The molecule has 1 fully saturated rings. The second kappa shape index (κ2) is 17.4. The second-order valence-corrected chi connectivity index (χ2v) is 14.3. The molecular weight excluding hydrogens is 502 g/mol. The molecule has 2 unspecified atom stereocenters. The number of nitrogens with zero attached hydrogens (tertiary/aromatic N) is 1. The summed E-state index contributed by atoms with van der Waals surface area (Å²) in [6.45, 7) is 31.7. The van der Waals surface area contributed by atoms with Crippen molar-refractivity contribution in [1.29, 1.82) is 0 Å². The Labute approximate surface area is 256 Å². The van der Waals surface area contributed by atoms with Gasteiger partial charge in [-0.2, -0.15) is 0 Å². The maximum atomic E-state index is 2.78. The lowest BCUT2D eigenvalue weighted by Gasteiger charge is -2.42. The van der Waals surface area contributed by atoms with E-state index in [9.17, 15) is 0 Å². The fourth-order valence-corrected chi connectivity index (χ4v) is 8.34. The summed E-state index contributed by atoms with van der Waals surface area (Å²) in [5.74, 6) is 1.75. The first-order valence-electron chi connectivity index (χ1n) is 17.4. The molecule has 0 N–H and O–H groups in total. The molecule has 2 atom stereocenters. The summed E-state index contributed by atoms with van der Waals surface area (Å²) in [5.41, 5.74) is 6.88. The first-order chi connectivity index (χ1) is 19.1. The standard InChI is InChI=1S/C25H37NS.C9H20.2C2H6/c1-7-13-26(14-8-2)25-16-22(25)19(17-27-25)18-9-10-20-21(15-18)24(5,6)12-11-23(20,3)4;1-4-7-9(6-3)8-5-2;2*1-2/h9-10,15,17,22H,7-8,11-14,16H2,1-6H3;9H,4-8H2,1-3H3;2*1-2H3. The van der Waals surface area contributed by atoms with Gasteiger partial charge in [-0.1, -0.05) is 140 Å². The van der Waals surface area contributed by atoms with Crippen LogP contribution in [0.3, 0.4) is 0 Å².